The number of carboxylic acid groups (broad SMARTS) is 1. The van der Waals surface area contributed by atoms with Gasteiger partial charge in [-0.2, -0.15) is 0 Å². The highest BCUT2D eigenvalue weighted by atomic mass is 32.2. The number of amides is 1. The Labute approximate surface area is 120 Å². The number of hydrogen-bond acceptors (Lipinski definition) is 5. The zero-order chi connectivity index (χ0) is 15.2. The third-order valence-electron chi connectivity index (χ3n) is 2.31. The summed E-state index contributed by atoms with van der Waals surface area (Å²) in [7, 11) is 0. The van der Waals surface area contributed by atoms with Crippen molar-refractivity contribution in [1.82, 2.24) is 5.32 Å². The molecule has 1 amide bonds. The molecule has 7 heteroatoms. The second-order valence-corrected chi connectivity index (χ2v) is 5.71. The van der Waals surface area contributed by atoms with E-state index in [4.69, 9.17) is 9.84 Å². The van der Waals surface area contributed by atoms with Crippen LogP contribution in [0.15, 0.2) is 30.3 Å². The Bertz CT molecular complexity index is 505. The summed E-state index contributed by atoms with van der Waals surface area (Å²) in [4.78, 5) is 32.0. The molecule has 1 aromatic carbocycles. The molecule has 20 heavy (non-hydrogen) atoms. The first-order valence-corrected chi connectivity index (χ1v) is 6.57. The monoisotopic (exact) mass is 297 g/mol. The fourth-order valence-electron chi connectivity index (χ4n) is 1.36. The van der Waals surface area contributed by atoms with Crippen molar-refractivity contribution < 1.29 is 24.2 Å². The van der Waals surface area contributed by atoms with Gasteiger partial charge < -0.3 is 9.84 Å². The Morgan fingerprint density at radius 3 is 2.40 bits per heavy atom. The molecular formula is C13H15NO5S. The Morgan fingerprint density at radius 1 is 1.30 bits per heavy atom. The minimum atomic E-state index is -1.75. The summed E-state index contributed by atoms with van der Waals surface area (Å²) in [5.74, 6) is -1.32. The van der Waals surface area contributed by atoms with Crippen molar-refractivity contribution in [2.24, 2.45) is 0 Å². The zero-order valence-electron chi connectivity index (χ0n) is 11.1. The van der Waals surface area contributed by atoms with Crippen LogP contribution in [0.4, 0.5) is 4.79 Å². The van der Waals surface area contributed by atoms with Gasteiger partial charge in [0.25, 0.3) is 0 Å². The lowest BCUT2D eigenvalue weighted by Crippen LogP contribution is -2.50. The van der Waals surface area contributed by atoms with E-state index in [1.165, 1.54) is 13.8 Å². The molecule has 1 aromatic rings. The summed E-state index contributed by atoms with van der Waals surface area (Å²) in [6, 6.07) is 8.96. The van der Waals surface area contributed by atoms with Crippen LogP contribution in [0.2, 0.25) is 0 Å². The normalized spacial score (nSPS) is 13.1. The van der Waals surface area contributed by atoms with Gasteiger partial charge in [-0.3, -0.25) is 10.1 Å². The fourth-order valence-corrected chi connectivity index (χ4v) is 2.16. The first-order chi connectivity index (χ1) is 9.33. The summed E-state index contributed by atoms with van der Waals surface area (Å²) < 4.78 is 4.92. The molecule has 1 unspecified atom stereocenters. The molecule has 0 saturated carbocycles. The lowest BCUT2D eigenvalue weighted by molar-refractivity contribution is -0.140. The molecule has 0 aliphatic rings. The van der Waals surface area contributed by atoms with E-state index in [-0.39, 0.29) is 6.61 Å². The van der Waals surface area contributed by atoms with E-state index in [1.54, 1.807) is 24.3 Å². The van der Waals surface area contributed by atoms with Gasteiger partial charge in [-0.1, -0.05) is 30.3 Å². The van der Waals surface area contributed by atoms with Gasteiger partial charge in [0.05, 0.1) is 0 Å². The molecule has 0 heterocycles. The smallest absolute Gasteiger partial charge is 0.409 e. The van der Waals surface area contributed by atoms with Crippen molar-refractivity contribution in [2.75, 3.05) is 0 Å². The van der Waals surface area contributed by atoms with Gasteiger partial charge in [-0.25, -0.2) is 9.59 Å². The van der Waals surface area contributed by atoms with E-state index in [0.29, 0.717) is 11.8 Å². The molecule has 0 bridgehead atoms. The van der Waals surface area contributed by atoms with Crippen LogP contribution in [0, 0.1) is 0 Å². The zero-order valence-corrected chi connectivity index (χ0v) is 11.9. The highest BCUT2D eigenvalue weighted by molar-refractivity contribution is 8.15. The van der Waals surface area contributed by atoms with Crippen LogP contribution in [0.1, 0.15) is 19.4 Å². The van der Waals surface area contributed by atoms with Crippen molar-refractivity contribution >= 4 is 28.9 Å². The van der Waals surface area contributed by atoms with E-state index in [1.807, 2.05) is 6.07 Å². The van der Waals surface area contributed by atoms with Crippen LogP contribution in [0.3, 0.4) is 0 Å². The van der Waals surface area contributed by atoms with Crippen LogP contribution >= 0.6 is 11.8 Å². The first kappa shape index (κ1) is 16.0. The molecule has 0 fully saturated rings. The number of thioether (sulfide) groups is 1. The quantitative estimate of drug-likeness (QED) is 0.807. The van der Waals surface area contributed by atoms with E-state index < -0.39 is 22.0 Å². The molecule has 0 spiro atoms. The Balaban J connectivity index is 2.59. The average molecular weight is 297 g/mol. The van der Waals surface area contributed by atoms with E-state index >= 15 is 0 Å². The van der Waals surface area contributed by atoms with Crippen molar-refractivity contribution in [3.8, 4) is 0 Å². The lowest BCUT2D eigenvalue weighted by atomic mass is 10.2. The van der Waals surface area contributed by atoms with Crippen LogP contribution in [0.5, 0.6) is 0 Å². The number of carbonyl (C=O) groups is 3. The number of carbonyl (C=O) groups excluding carboxylic acids is 2. The van der Waals surface area contributed by atoms with Crippen LogP contribution in [-0.2, 0) is 20.9 Å². The second kappa shape index (κ2) is 6.95. The number of carboxylic acids is 1. The van der Waals surface area contributed by atoms with Gasteiger partial charge in [0.1, 0.15) is 6.61 Å². The highest BCUT2D eigenvalue weighted by Crippen LogP contribution is 2.23. The van der Waals surface area contributed by atoms with Crippen LogP contribution in [-0.4, -0.2) is 27.2 Å². The van der Waals surface area contributed by atoms with E-state index in [0.717, 1.165) is 5.56 Å². The van der Waals surface area contributed by atoms with Gasteiger partial charge >= 0.3 is 12.1 Å². The highest BCUT2D eigenvalue weighted by Gasteiger charge is 2.38. The Kier molecular flexibility index (Phi) is 5.57. The molecule has 0 aliphatic carbocycles. The van der Waals surface area contributed by atoms with E-state index in [9.17, 15) is 14.4 Å². The number of hydrogen-bond donors (Lipinski definition) is 2. The van der Waals surface area contributed by atoms with Crippen molar-refractivity contribution in [3.63, 3.8) is 0 Å². The second-order valence-electron chi connectivity index (χ2n) is 4.12. The standard InChI is InChI=1S/C13H15NO5S/c1-9(15)20-13(2,11(16)17)14-12(18)19-8-10-6-4-3-5-7-10/h3-7H,8H2,1-2H3,(H,14,18)(H,16,17). The molecule has 6 nitrogen and oxygen atoms in total. The van der Waals surface area contributed by atoms with Crippen molar-refractivity contribution in [1.29, 1.82) is 0 Å². The van der Waals surface area contributed by atoms with Gasteiger partial charge in [0, 0.05) is 6.92 Å². The number of aliphatic carboxylic acids is 1. The van der Waals surface area contributed by atoms with Gasteiger partial charge in [-0.15, -0.1) is 0 Å². The summed E-state index contributed by atoms with van der Waals surface area (Å²) in [5.41, 5.74) is 0.777. The minimum Gasteiger partial charge on any atom is -0.479 e. The topological polar surface area (TPSA) is 92.7 Å². The molecule has 0 aromatic heterocycles. The summed E-state index contributed by atoms with van der Waals surface area (Å²) >= 11 is 0.510. The Hall–Kier alpha value is -2.02. The molecule has 1 atom stereocenters. The molecule has 108 valence electrons. The SMILES string of the molecule is CC(=O)SC(C)(NC(=O)OCc1ccccc1)C(=O)O. The number of nitrogens with one attached hydrogen (secondary N) is 1. The number of rotatable bonds is 5. The summed E-state index contributed by atoms with van der Waals surface area (Å²) in [6.45, 7) is 2.47. The maximum Gasteiger partial charge on any atom is 0.409 e. The van der Waals surface area contributed by atoms with Crippen LogP contribution in [0.25, 0.3) is 0 Å². The molecule has 2 N–H and O–H groups in total. The Morgan fingerprint density at radius 2 is 1.90 bits per heavy atom. The molecule has 0 radical (unpaired) electrons. The van der Waals surface area contributed by atoms with E-state index in [2.05, 4.69) is 5.32 Å². The maximum atomic E-state index is 11.6. The number of ether oxygens (including phenoxy) is 1. The third-order valence-corrected chi connectivity index (χ3v) is 3.28. The van der Waals surface area contributed by atoms with Gasteiger partial charge in [-0.05, 0) is 24.2 Å². The predicted molar refractivity (Wildman–Crippen MR) is 74.1 cm³/mol. The largest absolute Gasteiger partial charge is 0.479 e. The maximum absolute atomic E-state index is 11.6. The number of alkyl carbamates (subject to hydrolysis) is 1. The molecule has 1 rings (SSSR count). The first-order valence-electron chi connectivity index (χ1n) is 5.75. The molecule has 0 aliphatic heterocycles. The summed E-state index contributed by atoms with van der Waals surface area (Å²) in [5, 5.41) is 10.8. The van der Waals surface area contributed by atoms with Crippen molar-refractivity contribution in [3.05, 3.63) is 35.9 Å². The van der Waals surface area contributed by atoms with Gasteiger partial charge in [0.15, 0.2) is 9.99 Å². The molecular weight excluding hydrogens is 282 g/mol. The number of benzene rings is 1. The summed E-state index contributed by atoms with van der Waals surface area (Å²) in [6.07, 6.45) is -0.896. The fraction of sp³-hybridized carbons (Fsp3) is 0.308. The average Bonchev–Trinajstić information content (AvgIpc) is 2.36. The minimum absolute atomic E-state index is 0.0209. The third kappa shape index (κ3) is 4.93. The lowest BCUT2D eigenvalue weighted by Gasteiger charge is -2.23. The predicted octanol–water partition coefficient (Wildman–Crippen LogP) is 1.99. The van der Waals surface area contributed by atoms with Gasteiger partial charge in [0.2, 0.25) is 0 Å². The van der Waals surface area contributed by atoms with Crippen molar-refractivity contribution in [2.45, 2.75) is 25.3 Å². The van der Waals surface area contributed by atoms with Crippen LogP contribution < -0.4 is 5.32 Å². The molecule has 0 saturated heterocycles.